The summed E-state index contributed by atoms with van der Waals surface area (Å²) in [5.41, 5.74) is 0.344. The maximum atomic E-state index is 11.3. The SMILES string of the molecule is CC(=O)N(C)C1CCCN(CC(C)(C)C)C1. The molecule has 0 radical (unpaired) electrons. The van der Waals surface area contributed by atoms with Crippen LogP contribution in [-0.2, 0) is 4.79 Å². The van der Waals surface area contributed by atoms with Crippen LogP contribution >= 0.6 is 0 Å². The van der Waals surface area contributed by atoms with E-state index in [1.165, 1.54) is 13.0 Å². The highest BCUT2D eigenvalue weighted by Gasteiger charge is 2.26. The molecule has 0 spiro atoms. The average Bonchev–Trinajstić information content (AvgIpc) is 2.14. The van der Waals surface area contributed by atoms with E-state index in [2.05, 4.69) is 25.7 Å². The summed E-state index contributed by atoms with van der Waals surface area (Å²) in [6.07, 6.45) is 2.36. The smallest absolute Gasteiger partial charge is 0.219 e. The highest BCUT2D eigenvalue weighted by Crippen LogP contribution is 2.20. The fraction of sp³-hybridized carbons (Fsp3) is 0.923. The first-order chi connectivity index (χ1) is 7.29. The molecule has 0 N–H and O–H groups in total. The van der Waals surface area contributed by atoms with E-state index in [1.54, 1.807) is 6.92 Å². The van der Waals surface area contributed by atoms with E-state index in [9.17, 15) is 4.79 Å². The minimum Gasteiger partial charge on any atom is -0.342 e. The molecule has 1 amide bonds. The predicted octanol–water partition coefficient (Wildman–Crippen LogP) is 1.98. The third-order valence-corrected chi connectivity index (χ3v) is 3.22. The summed E-state index contributed by atoms with van der Waals surface area (Å²) in [5.74, 6) is 0.183. The molecule has 1 saturated heterocycles. The molecule has 0 aromatic heterocycles. The molecule has 0 aromatic carbocycles. The van der Waals surface area contributed by atoms with Crippen molar-refractivity contribution in [3.63, 3.8) is 0 Å². The lowest BCUT2D eigenvalue weighted by atomic mass is 9.94. The lowest BCUT2D eigenvalue weighted by molar-refractivity contribution is -0.130. The number of likely N-dealkylation sites (tertiary alicyclic amines) is 1. The fourth-order valence-corrected chi connectivity index (χ4v) is 2.42. The third kappa shape index (κ3) is 4.12. The average molecular weight is 226 g/mol. The van der Waals surface area contributed by atoms with Crippen LogP contribution in [0.1, 0.15) is 40.5 Å². The summed E-state index contributed by atoms with van der Waals surface area (Å²) < 4.78 is 0. The molecule has 1 aliphatic heterocycles. The van der Waals surface area contributed by atoms with Gasteiger partial charge in [-0.05, 0) is 24.8 Å². The van der Waals surface area contributed by atoms with Crippen molar-refractivity contribution < 1.29 is 4.79 Å². The molecule has 1 atom stereocenters. The van der Waals surface area contributed by atoms with E-state index in [4.69, 9.17) is 0 Å². The number of piperidine rings is 1. The van der Waals surface area contributed by atoms with Gasteiger partial charge in [0.15, 0.2) is 0 Å². The predicted molar refractivity (Wildman–Crippen MR) is 67.4 cm³/mol. The number of carbonyl (C=O) groups is 1. The number of hydrogen-bond donors (Lipinski definition) is 0. The third-order valence-electron chi connectivity index (χ3n) is 3.22. The Kier molecular flexibility index (Phi) is 4.36. The van der Waals surface area contributed by atoms with E-state index in [0.717, 1.165) is 19.5 Å². The second kappa shape index (κ2) is 5.17. The second-order valence-electron chi connectivity index (χ2n) is 6.22. The molecule has 1 heterocycles. The van der Waals surface area contributed by atoms with Gasteiger partial charge < -0.3 is 9.80 Å². The Morgan fingerprint density at radius 3 is 2.56 bits per heavy atom. The van der Waals surface area contributed by atoms with Crippen molar-refractivity contribution in [2.24, 2.45) is 5.41 Å². The second-order valence-corrected chi connectivity index (χ2v) is 6.22. The van der Waals surface area contributed by atoms with Crippen molar-refractivity contribution in [3.05, 3.63) is 0 Å². The van der Waals surface area contributed by atoms with Gasteiger partial charge in [0.05, 0.1) is 0 Å². The standard InChI is InChI=1S/C13H26N2O/c1-11(16)14(5)12-7-6-8-15(9-12)10-13(2,3)4/h12H,6-10H2,1-5H3. The highest BCUT2D eigenvalue weighted by atomic mass is 16.2. The summed E-state index contributed by atoms with van der Waals surface area (Å²) in [5, 5.41) is 0. The summed E-state index contributed by atoms with van der Waals surface area (Å²) in [7, 11) is 1.92. The molecule has 1 aliphatic rings. The van der Waals surface area contributed by atoms with Gasteiger partial charge in [0.2, 0.25) is 5.91 Å². The molecule has 1 rings (SSSR count). The van der Waals surface area contributed by atoms with Crippen molar-refractivity contribution >= 4 is 5.91 Å². The van der Waals surface area contributed by atoms with Crippen LogP contribution in [0.25, 0.3) is 0 Å². The van der Waals surface area contributed by atoms with Gasteiger partial charge in [-0.3, -0.25) is 4.79 Å². The van der Waals surface area contributed by atoms with Crippen LogP contribution in [0.2, 0.25) is 0 Å². The van der Waals surface area contributed by atoms with Crippen molar-refractivity contribution in [2.45, 2.75) is 46.6 Å². The van der Waals surface area contributed by atoms with Crippen LogP contribution in [0.4, 0.5) is 0 Å². The molecule has 1 unspecified atom stereocenters. The fourth-order valence-electron chi connectivity index (χ4n) is 2.42. The first-order valence-corrected chi connectivity index (χ1v) is 6.25. The van der Waals surface area contributed by atoms with Gasteiger partial charge in [0, 0.05) is 33.1 Å². The van der Waals surface area contributed by atoms with Gasteiger partial charge in [0.25, 0.3) is 0 Å². The van der Waals surface area contributed by atoms with Crippen molar-refractivity contribution in [2.75, 3.05) is 26.7 Å². The summed E-state index contributed by atoms with van der Waals surface area (Å²) >= 11 is 0. The number of rotatable bonds is 2. The number of nitrogens with zero attached hydrogens (tertiary/aromatic N) is 2. The quantitative estimate of drug-likeness (QED) is 0.719. The first-order valence-electron chi connectivity index (χ1n) is 6.25. The van der Waals surface area contributed by atoms with E-state index in [-0.39, 0.29) is 5.91 Å². The van der Waals surface area contributed by atoms with Crippen molar-refractivity contribution in [1.82, 2.24) is 9.80 Å². The van der Waals surface area contributed by atoms with Gasteiger partial charge in [-0.2, -0.15) is 0 Å². The van der Waals surface area contributed by atoms with Crippen LogP contribution in [0.3, 0.4) is 0 Å². The van der Waals surface area contributed by atoms with Gasteiger partial charge in [0.1, 0.15) is 0 Å². The molecule has 3 heteroatoms. The zero-order valence-electron chi connectivity index (χ0n) is 11.4. The van der Waals surface area contributed by atoms with Gasteiger partial charge >= 0.3 is 0 Å². The summed E-state index contributed by atoms with van der Waals surface area (Å²) in [4.78, 5) is 15.7. The number of hydrogen-bond acceptors (Lipinski definition) is 2. The topological polar surface area (TPSA) is 23.6 Å². The molecule has 0 aromatic rings. The Balaban J connectivity index is 2.50. The summed E-state index contributed by atoms with van der Waals surface area (Å²) in [6.45, 7) is 11.8. The largest absolute Gasteiger partial charge is 0.342 e. The molecule has 3 nitrogen and oxygen atoms in total. The van der Waals surface area contributed by atoms with E-state index in [1.807, 2.05) is 11.9 Å². The first kappa shape index (κ1) is 13.5. The molecule has 0 aliphatic carbocycles. The van der Waals surface area contributed by atoms with E-state index in [0.29, 0.717) is 11.5 Å². The molecule has 0 bridgehead atoms. The lowest BCUT2D eigenvalue weighted by Crippen LogP contribution is -2.49. The zero-order valence-corrected chi connectivity index (χ0v) is 11.4. The molecule has 0 saturated carbocycles. The number of likely N-dealkylation sites (N-methyl/N-ethyl adjacent to an activating group) is 1. The van der Waals surface area contributed by atoms with E-state index < -0.39 is 0 Å². The Morgan fingerprint density at radius 2 is 2.06 bits per heavy atom. The van der Waals surface area contributed by atoms with Crippen LogP contribution in [-0.4, -0.2) is 48.4 Å². The summed E-state index contributed by atoms with van der Waals surface area (Å²) in [6, 6.07) is 0.411. The monoisotopic (exact) mass is 226 g/mol. The van der Waals surface area contributed by atoms with Crippen molar-refractivity contribution in [1.29, 1.82) is 0 Å². The minimum absolute atomic E-state index is 0.183. The maximum Gasteiger partial charge on any atom is 0.219 e. The van der Waals surface area contributed by atoms with E-state index >= 15 is 0 Å². The molecular weight excluding hydrogens is 200 g/mol. The van der Waals surface area contributed by atoms with Crippen molar-refractivity contribution in [3.8, 4) is 0 Å². The Labute approximate surface area is 99.8 Å². The van der Waals surface area contributed by atoms with Gasteiger partial charge in [-0.1, -0.05) is 20.8 Å². The Morgan fingerprint density at radius 1 is 1.44 bits per heavy atom. The van der Waals surface area contributed by atoms with Gasteiger partial charge in [-0.25, -0.2) is 0 Å². The lowest BCUT2D eigenvalue weighted by Gasteiger charge is -2.39. The zero-order chi connectivity index (χ0) is 12.3. The molecular formula is C13H26N2O. The van der Waals surface area contributed by atoms with Crippen LogP contribution in [0, 0.1) is 5.41 Å². The minimum atomic E-state index is 0.183. The Hall–Kier alpha value is -0.570. The van der Waals surface area contributed by atoms with Crippen LogP contribution in [0.5, 0.6) is 0 Å². The maximum absolute atomic E-state index is 11.3. The number of amides is 1. The Bertz CT molecular complexity index is 245. The molecule has 16 heavy (non-hydrogen) atoms. The molecule has 94 valence electrons. The highest BCUT2D eigenvalue weighted by molar-refractivity contribution is 5.73. The van der Waals surface area contributed by atoms with Gasteiger partial charge in [-0.15, -0.1) is 0 Å². The van der Waals surface area contributed by atoms with Crippen LogP contribution < -0.4 is 0 Å². The normalized spacial score (nSPS) is 23.2. The number of carbonyl (C=O) groups excluding carboxylic acids is 1. The molecule has 1 fully saturated rings. The van der Waals surface area contributed by atoms with Crippen LogP contribution in [0.15, 0.2) is 0 Å².